The molecule has 4 nitrogen and oxygen atoms in total. The van der Waals surface area contributed by atoms with Gasteiger partial charge in [-0.2, -0.15) is 0 Å². The highest BCUT2D eigenvalue weighted by Crippen LogP contribution is 2.34. The molecule has 2 fully saturated rings. The van der Waals surface area contributed by atoms with Gasteiger partial charge in [-0.15, -0.1) is 0 Å². The fourth-order valence-electron chi connectivity index (χ4n) is 4.50. The van der Waals surface area contributed by atoms with Gasteiger partial charge in [-0.1, -0.05) is 48.5 Å². The molecule has 2 aliphatic rings. The van der Waals surface area contributed by atoms with Gasteiger partial charge in [-0.05, 0) is 62.3 Å². The number of amides is 1. The number of aromatic nitrogens is 1. The minimum Gasteiger partial charge on any atom is -0.488 e. The van der Waals surface area contributed by atoms with Gasteiger partial charge >= 0.3 is 0 Å². The van der Waals surface area contributed by atoms with Crippen molar-refractivity contribution in [3.8, 4) is 5.75 Å². The van der Waals surface area contributed by atoms with Crippen LogP contribution in [0.1, 0.15) is 42.5 Å². The average molecular weight is 427 g/mol. The normalized spacial score (nSPS) is 17.2. The van der Waals surface area contributed by atoms with Crippen molar-refractivity contribution in [3.05, 3.63) is 77.5 Å². The van der Waals surface area contributed by atoms with E-state index in [9.17, 15) is 4.79 Å². The molecule has 1 aliphatic heterocycles. The predicted octanol–water partition coefficient (Wildman–Crippen LogP) is 5.78. The summed E-state index contributed by atoms with van der Waals surface area (Å²) in [7, 11) is 0. The molecule has 4 heteroatoms. The van der Waals surface area contributed by atoms with E-state index in [0.29, 0.717) is 24.3 Å². The molecule has 5 rings (SSSR count). The number of ether oxygens (including phenoxy) is 1. The number of pyridine rings is 1. The Morgan fingerprint density at radius 2 is 1.75 bits per heavy atom. The lowest BCUT2D eigenvalue weighted by Crippen LogP contribution is -2.38. The molecule has 1 saturated heterocycles. The second-order valence-corrected chi connectivity index (χ2v) is 9.04. The maximum atomic E-state index is 12.3. The van der Waals surface area contributed by atoms with Crippen molar-refractivity contribution < 1.29 is 9.53 Å². The quantitative estimate of drug-likeness (QED) is 0.501. The molecule has 0 unspecified atom stereocenters. The first-order valence-electron chi connectivity index (χ1n) is 11.7. The summed E-state index contributed by atoms with van der Waals surface area (Å²) in [5, 5.41) is 1.05. The number of benzene rings is 2. The lowest BCUT2D eigenvalue weighted by atomic mass is 9.95. The van der Waals surface area contributed by atoms with Gasteiger partial charge in [-0.25, -0.2) is 4.98 Å². The molecule has 0 radical (unpaired) electrons. The third-order valence-electron chi connectivity index (χ3n) is 6.64. The lowest BCUT2D eigenvalue weighted by Gasteiger charge is -2.30. The van der Waals surface area contributed by atoms with E-state index in [1.807, 2.05) is 36.4 Å². The van der Waals surface area contributed by atoms with Crippen LogP contribution in [0.2, 0.25) is 0 Å². The molecule has 2 aromatic carbocycles. The van der Waals surface area contributed by atoms with Crippen LogP contribution in [-0.4, -0.2) is 28.9 Å². The minimum absolute atomic E-state index is 0.320. The molecule has 0 bridgehead atoms. The Bertz CT molecular complexity index is 1130. The SMILES string of the molecule is Cc1c(/C=C/C2CCN(C(=O)C3CC3)CC2)nc2ccccc2c1OCc1ccccc1. The molecule has 2 heterocycles. The Labute approximate surface area is 189 Å². The molecular weight excluding hydrogens is 396 g/mol. The fraction of sp³-hybridized carbons (Fsp3) is 0.357. The number of fused-ring (bicyclic) bond motifs is 1. The third-order valence-corrected chi connectivity index (χ3v) is 6.64. The Kier molecular flexibility index (Phi) is 5.93. The first-order valence-corrected chi connectivity index (χ1v) is 11.7. The smallest absolute Gasteiger partial charge is 0.225 e. The number of nitrogens with zero attached hydrogens (tertiary/aromatic N) is 2. The van der Waals surface area contributed by atoms with Crippen molar-refractivity contribution >= 4 is 22.9 Å². The number of piperidine rings is 1. The van der Waals surface area contributed by atoms with Crippen LogP contribution in [0, 0.1) is 18.8 Å². The van der Waals surface area contributed by atoms with E-state index in [2.05, 4.69) is 42.2 Å². The van der Waals surface area contributed by atoms with E-state index in [1.165, 1.54) is 0 Å². The standard InChI is InChI=1S/C28H30N2O2/c1-20-25(14-11-21-15-17-30(18-16-21)28(31)23-12-13-23)29-26-10-6-5-9-24(26)27(20)32-19-22-7-3-2-4-8-22/h2-11,14,21,23H,12-13,15-19H2,1H3/b14-11+. The van der Waals surface area contributed by atoms with Crippen molar-refractivity contribution in [3.63, 3.8) is 0 Å². The number of carbonyl (C=O) groups excluding carboxylic acids is 1. The molecule has 164 valence electrons. The largest absolute Gasteiger partial charge is 0.488 e. The summed E-state index contributed by atoms with van der Waals surface area (Å²) in [5.74, 6) is 2.09. The van der Waals surface area contributed by atoms with Gasteiger partial charge in [0.2, 0.25) is 5.91 Å². The number of likely N-dealkylation sites (tertiary alicyclic amines) is 1. The van der Waals surface area contributed by atoms with E-state index in [4.69, 9.17) is 9.72 Å². The van der Waals surface area contributed by atoms with Crippen LogP contribution in [0.25, 0.3) is 17.0 Å². The van der Waals surface area contributed by atoms with Gasteiger partial charge in [0.25, 0.3) is 0 Å². The Morgan fingerprint density at radius 1 is 1.03 bits per heavy atom. The van der Waals surface area contributed by atoms with E-state index in [1.54, 1.807) is 0 Å². The number of rotatable bonds is 6. The third kappa shape index (κ3) is 4.55. The summed E-state index contributed by atoms with van der Waals surface area (Å²) < 4.78 is 6.32. The second-order valence-electron chi connectivity index (χ2n) is 9.04. The summed E-state index contributed by atoms with van der Waals surface area (Å²) in [6, 6.07) is 18.4. The van der Waals surface area contributed by atoms with E-state index >= 15 is 0 Å². The number of hydrogen-bond acceptors (Lipinski definition) is 3. The van der Waals surface area contributed by atoms with Crippen LogP contribution in [0.5, 0.6) is 5.75 Å². The fourth-order valence-corrected chi connectivity index (χ4v) is 4.50. The van der Waals surface area contributed by atoms with Gasteiger partial charge in [-0.3, -0.25) is 4.79 Å². The van der Waals surface area contributed by atoms with E-state index < -0.39 is 0 Å². The van der Waals surface area contributed by atoms with Crippen molar-refractivity contribution in [2.75, 3.05) is 13.1 Å². The van der Waals surface area contributed by atoms with Crippen LogP contribution in [0.15, 0.2) is 60.7 Å². The molecule has 1 saturated carbocycles. The van der Waals surface area contributed by atoms with Gasteiger partial charge in [0, 0.05) is 30.0 Å². The Morgan fingerprint density at radius 3 is 2.50 bits per heavy atom. The van der Waals surface area contributed by atoms with Crippen molar-refractivity contribution in [2.24, 2.45) is 11.8 Å². The molecule has 3 aromatic rings. The number of hydrogen-bond donors (Lipinski definition) is 0. The molecule has 0 atom stereocenters. The average Bonchev–Trinajstić information content (AvgIpc) is 3.68. The summed E-state index contributed by atoms with van der Waals surface area (Å²) in [5.41, 5.74) is 4.13. The second kappa shape index (κ2) is 9.15. The number of allylic oxidation sites excluding steroid dienone is 1. The minimum atomic E-state index is 0.320. The predicted molar refractivity (Wildman–Crippen MR) is 128 cm³/mol. The lowest BCUT2D eigenvalue weighted by molar-refractivity contribution is -0.133. The molecule has 0 spiro atoms. The Hall–Kier alpha value is -3.14. The number of para-hydroxylation sites is 1. The van der Waals surface area contributed by atoms with Crippen LogP contribution >= 0.6 is 0 Å². The first kappa shape index (κ1) is 20.7. The zero-order valence-corrected chi connectivity index (χ0v) is 18.7. The molecular formula is C28H30N2O2. The summed E-state index contributed by atoms with van der Waals surface area (Å²) in [6.45, 7) is 4.38. The molecule has 1 aliphatic carbocycles. The maximum absolute atomic E-state index is 12.3. The topological polar surface area (TPSA) is 42.4 Å². The molecule has 32 heavy (non-hydrogen) atoms. The zero-order valence-electron chi connectivity index (χ0n) is 18.7. The van der Waals surface area contributed by atoms with Crippen LogP contribution in [0.4, 0.5) is 0 Å². The van der Waals surface area contributed by atoms with Crippen LogP contribution in [0.3, 0.4) is 0 Å². The summed E-state index contributed by atoms with van der Waals surface area (Å²) in [6.07, 6.45) is 8.66. The zero-order chi connectivity index (χ0) is 21.9. The van der Waals surface area contributed by atoms with Crippen LogP contribution in [-0.2, 0) is 11.4 Å². The first-order chi connectivity index (χ1) is 15.7. The van der Waals surface area contributed by atoms with Crippen molar-refractivity contribution in [2.45, 2.75) is 39.2 Å². The molecule has 1 aromatic heterocycles. The highest BCUT2D eigenvalue weighted by Gasteiger charge is 2.34. The highest BCUT2D eigenvalue weighted by atomic mass is 16.5. The van der Waals surface area contributed by atoms with Crippen LogP contribution < -0.4 is 4.74 Å². The van der Waals surface area contributed by atoms with E-state index in [-0.39, 0.29) is 0 Å². The van der Waals surface area contributed by atoms with Crippen molar-refractivity contribution in [1.29, 1.82) is 0 Å². The van der Waals surface area contributed by atoms with Gasteiger partial charge in [0.1, 0.15) is 12.4 Å². The Balaban J connectivity index is 1.33. The highest BCUT2D eigenvalue weighted by molar-refractivity contribution is 5.88. The monoisotopic (exact) mass is 426 g/mol. The molecule has 1 amide bonds. The van der Waals surface area contributed by atoms with Gasteiger partial charge < -0.3 is 9.64 Å². The number of carbonyl (C=O) groups is 1. The van der Waals surface area contributed by atoms with E-state index in [0.717, 1.165) is 72.2 Å². The maximum Gasteiger partial charge on any atom is 0.225 e. The summed E-state index contributed by atoms with van der Waals surface area (Å²) in [4.78, 5) is 19.3. The van der Waals surface area contributed by atoms with Gasteiger partial charge in [0.05, 0.1) is 11.2 Å². The molecule has 0 N–H and O–H groups in total. The van der Waals surface area contributed by atoms with Crippen molar-refractivity contribution in [1.82, 2.24) is 9.88 Å². The summed E-state index contributed by atoms with van der Waals surface area (Å²) >= 11 is 0. The van der Waals surface area contributed by atoms with Gasteiger partial charge in [0.15, 0.2) is 0 Å².